The topological polar surface area (TPSA) is 40.6 Å². The van der Waals surface area contributed by atoms with Crippen LogP contribution in [0, 0.1) is 23.7 Å². The molecule has 6 heteroatoms. The highest BCUT2D eigenvalue weighted by molar-refractivity contribution is 9.12. The quantitative estimate of drug-likeness (QED) is 0.497. The molecule has 3 fully saturated rings. The molecule has 1 saturated heterocycles. The van der Waals surface area contributed by atoms with Gasteiger partial charge in [0.1, 0.15) is 0 Å². The zero-order valence-corrected chi connectivity index (χ0v) is 17.5. The van der Waals surface area contributed by atoms with Gasteiger partial charge in [-0.25, -0.2) is 0 Å². The summed E-state index contributed by atoms with van der Waals surface area (Å²) in [5, 5.41) is 0. The van der Waals surface area contributed by atoms with Crippen LogP contribution in [0.25, 0.3) is 0 Å². The van der Waals surface area contributed by atoms with Crippen molar-refractivity contribution in [3.63, 3.8) is 0 Å². The van der Waals surface area contributed by atoms with Gasteiger partial charge in [0.25, 0.3) is 0 Å². The summed E-state index contributed by atoms with van der Waals surface area (Å²) in [5.41, 5.74) is 1.83. The number of imide groups is 1. The monoisotopic (exact) mass is 468 g/mol. The van der Waals surface area contributed by atoms with E-state index < -0.39 is 0 Å². The fourth-order valence-corrected chi connectivity index (χ4v) is 6.88. The van der Waals surface area contributed by atoms with Crippen molar-refractivity contribution < 1.29 is 9.59 Å². The van der Waals surface area contributed by atoms with E-state index in [1.54, 1.807) is 0 Å². The zero-order chi connectivity index (χ0) is 17.9. The lowest BCUT2D eigenvalue weighted by atomic mass is 9.81. The van der Waals surface area contributed by atoms with Crippen molar-refractivity contribution in [2.24, 2.45) is 23.7 Å². The molecule has 25 heavy (non-hydrogen) atoms. The first-order valence-corrected chi connectivity index (χ1v) is 10.8. The summed E-state index contributed by atoms with van der Waals surface area (Å²) in [6.07, 6.45) is 0.966. The molecular formula is C19H22Br2N2O2. The van der Waals surface area contributed by atoms with Crippen LogP contribution < -0.4 is 9.80 Å². The van der Waals surface area contributed by atoms with Crippen molar-refractivity contribution in [3.05, 3.63) is 24.3 Å². The minimum Gasteiger partial charge on any atom is -0.372 e. The molecule has 1 heterocycles. The van der Waals surface area contributed by atoms with Crippen LogP contribution >= 0.6 is 31.9 Å². The molecule has 2 saturated carbocycles. The second kappa shape index (κ2) is 6.38. The van der Waals surface area contributed by atoms with Gasteiger partial charge >= 0.3 is 0 Å². The Morgan fingerprint density at radius 2 is 1.44 bits per heavy atom. The SMILES string of the molecule is CCN(CC)c1ccc(N2C(=O)[C@@H]3[C@H]4C[C@@H]([C@H](Br)[C@H]4Br)[C@@H]3C2=O)cc1. The lowest BCUT2D eigenvalue weighted by Gasteiger charge is -2.28. The van der Waals surface area contributed by atoms with E-state index in [0.29, 0.717) is 5.69 Å². The number of benzene rings is 1. The molecule has 4 rings (SSSR count). The summed E-state index contributed by atoms with van der Waals surface area (Å²) in [6, 6.07) is 7.83. The highest BCUT2D eigenvalue weighted by Crippen LogP contribution is 2.60. The number of anilines is 2. The van der Waals surface area contributed by atoms with Gasteiger partial charge in [-0.1, -0.05) is 31.9 Å². The van der Waals surface area contributed by atoms with Crippen molar-refractivity contribution in [1.29, 1.82) is 0 Å². The Bertz CT molecular complexity index is 672. The maximum atomic E-state index is 13.0. The number of alkyl halides is 2. The molecule has 0 N–H and O–H groups in total. The first-order valence-electron chi connectivity index (χ1n) is 9.00. The third-order valence-electron chi connectivity index (χ3n) is 6.22. The van der Waals surface area contributed by atoms with Gasteiger partial charge in [-0.3, -0.25) is 14.5 Å². The molecule has 3 aliphatic rings. The van der Waals surface area contributed by atoms with E-state index in [0.717, 1.165) is 25.2 Å². The average Bonchev–Trinajstić information content (AvgIpc) is 3.22. The molecule has 1 aliphatic heterocycles. The zero-order valence-electron chi connectivity index (χ0n) is 14.4. The summed E-state index contributed by atoms with van der Waals surface area (Å²) in [6.45, 7) is 6.11. The van der Waals surface area contributed by atoms with Gasteiger partial charge in [-0.05, 0) is 56.4 Å². The number of halogens is 2. The largest absolute Gasteiger partial charge is 0.372 e. The van der Waals surface area contributed by atoms with Crippen LogP contribution in [-0.4, -0.2) is 34.6 Å². The lowest BCUT2D eigenvalue weighted by molar-refractivity contribution is -0.123. The third-order valence-corrected chi connectivity index (χ3v) is 9.43. The van der Waals surface area contributed by atoms with Gasteiger partial charge in [0.05, 0.1) is 17.5 Å². The summed E-state index contributed by atoms with van der Waals surface area (Å²) >= 11 is 7.46. The molecule has 0 spiro atoms. The number of carbonyl (C=O) groups excluding carboxylic acids is 2. The number of hydrogen-bond acceptors (Lipinski definition) is 3. The Labute approximate surface area is 165 Å². The van der Waals surface area contributed by atoms with Crippen molar-refractivity contribution in [2.75, 3.05) is 22.9 Å². The van der Waals surface area contributed by atoms with Gasteiger partial charge in [0, 0.05) is 28.4 Å². The summed E-state index contributed by atoms with van der Waals surface area (Å²) in [7, 11) is 0. The lowest BCUT2D eigenvalue weighted by Crippen LogP contribution is -2.37. The van der Waals surface area contributed by atoms with Gasteiger partial charge in [0.2, 0.25) is 11.8 Å². The predicted molar refractivity (Wildman–Crippen MR) is 107 cm³/mol. The van der Waals surface area contributed by atoms with Crippen LogP contribution in [0.1, 0.15) is 20.3 Å². The molecule has 2 bridgehead atoms. The smallest absolute Gasteiger partial charge is 0.238 e. The molecule has 0 aromatic heterocycles. The Balaban J connectivity index is 1.62. The van der Waals surface area contributed by atoms with Crippen LogP contribution in [0.3, 0.4) is 0 Å². The van der Waals surface area contributed by atoms with E-state index >= 15 is 0 Å². The third kappa shape index (κ3) is 2.43. The average molecular weight is 470 g/mol. The summed E-state index contributed by atoms with van der Waals surface area (Å²) in [5.74, 6) is 0.187. The molecule has 1 aromatic carbocycles. The number of carbonyl (C=O) groups is 2. The molecule has 6 atom stereocenters. The first kappa shape index (κ1) is 17.5. The predicted octanol–water partition coefficient (Wildman–Crippen LogP) is 3.82. The van der Waals surface area contributed by atoms with E-state index in [2.05, 4.69) is 50.6 Å². The summed E-state index contributed by atoms with van der Waals surface area (Å²) in [4.78, 5) is 30.3. The Morgan fingerprint density at radius 1 is 0.960 bits per heavy atom. The van der Waals surface area contributed by atoms with Crippen molar-refractivity contribution >= 4 is 55.0 Å². The Kier molecular flexibility index (Phi) is 4.47. The number of nitrogens with zero attached hydrogens (tertiary/aromatic N) is 2. The fourth-order valence-electron chi connectivity index (χ4n) is 5.00. The molecule has 2 aliphatic carbocycles. The first-order chi connectivity index (χ1) is 12.0. The number of rotatable bonds is 4. The van der Waals surface area contributed by atoms with Gasteiger partial charge in [0.15, 0.2) is 0 Å². The van der Waals surface area contributed by atoms with E-state index in [4.69, 9.17) is 0 Å². The molecule has 4 nitrogen and oxygen atoms in total. The fraction of sp³-hybridized carbons (Fsp3) is 0.579. The second-order valence-corrected chi connectivity index (χ2v) is 9.32. The van der Waals surface area contributed by atoms with E-state index in [9.17, 15) is 9.59 Å². The van der Waals surface area contributed by atoms with Gasteiger partial charge in [-0.2, -0.15) is 0 Å². The van der Waals surface area contributed by atoms with Crippen molar-refractivity contribution in [1.82, 2.24) is 0 Å². The van der Waals surface area contributed by atoms with Crippen LogP contribution in [0.2, 0.25) is 0 Å². The standard InChI is InChI=1S/C19H22Br2N2O2/c1-3-22(4-2)10-5-7-11(8-6-10)23-18(24)14-12-9-13(15(14)19(23)25)17(21)16(12)20/h5-8,12-17H,3-4,9H2,1-2H3/t12-,13-,14-,15+,16+,17+/m1/s1. The maximum absolute atomic E-state index is 13.0. The van der Waals surface area contributed by atoms with Crippen LogP contribution in [-0.2, 0) is 9.59 Å². The van der Waals surface area contributed by atoms with Crippen LogP contribution in [0.5, 0.6) is 0 Å². The van der Waals surface area contributed by atoms with Crippen LogP contribution in [0.15, 0.2) is 24.3 Å². The minimum absolute atomic E-state index is 0.0121. The van der Waals surface area contributed by atoms with E-state index in [-0.39, 0.29) is 45.1 Å². The second-order valence-electron chi connectivity index (χ2n) is 7.20. The molecule has 134 valence electrons. The molecular weight excluding hydrogens is 448 g/mol. The highest BCUT2D eigenvalue weighted by atomic mass is 79.9. The van der Waals surface area contributed by atoms with Crippen LogP contribution in [0.4, 0.5) is 11.4 Å². The van der Waals surface area contributed by atoms with E-state index in [1.807, 2.05) is 24.3 Å². The number of hydrogen-bond donors (Lipinski definition) is 0. The number of fused-ring (bicyclic) bond motifs is 5. The Morgan fingerprint density at radius 3 is 1.88 bits per heavy atom. The summed E-state index contributed by atoms with van der Waals surface area (Å²) < 4.78 is 0. The maximum Gasteiger partial charge on any atom is 0.238 e. The number of amides is 2. The van der Waals surface area contributed by atoms with Gasteiger partial charge < -0.3 is 4.90 Å². The van der Waals surface area contributed by atoms with Crippen molar-refractivity contribution in [3.8, 4) is 0 Å². The minimum atomic E-state index is -0.155. The molecule has 0 radical (unpaired) electrons. The molecule has 0 unspecified atom stereocenters. The highest BCUT2D eigenvalue weighted by Gasteiger charge is 2.66. The van der Waals surface area contributed by atoms with E-state index in [1.165, 1.54) is 4.90 Å². The molecule has 2 amide bonds. The van der Waals surface area contributed by atoms with Gasteiger partial charge in [-0.15, -0.1) is 0 Å². The Hall–Kier alpha value is -0.880. The van der Waals surface area contributed by atoms with Crippen molar-refractivity contribution in [2.45, 2.75) is 29.9 Å². The molecule has 1 aromatic rings. The normalized spacial score (nSPS) is 36.2.